The average Bonchev–Trinajstić information content (AvgIpc) is 2.64. The van der Waals surface area contributed by atoms with Crippen molar-refractivity contribution in [2.75, 3.05) is 22.6 Å². The Morgan fingerprint density at radius 2 is 2.17 bits per heavy atom. The van der Waals surface area contributed by atoms with Crippen molar-refractivity contribution in [1.29, 1.82) is 0 Å². The van der Waals surface area contributed by atoms with E-state index >= 15 is 0 Å². The predicted octanol–water partition coefficient (Wildman–Crippen LogP) is 1.30. The Labute approximate surface area is 110 Å². The molecule has 1 saturated heterocycles. The van der Waals surface area contributed by atoms with E-state index < -0.39 is 15.8 Å². The highest BCUT2D eigenvalue weighted by molar-refractivity contribution is 7.91. The summed E-state index contributed by atoms with van der Waals surface area (Å²) >= 11 is 5.83. The SMILES string of the molecule is Nc1ccc(NC(=O)C2CCS(=O)(=O)C2)cc1Cl. The molecule has 0 bridgehead atoms. The second kappa shape index (κ2) is 4.78. The van der Waals surface area contributed by atoms with Gasteiger partial charge in [-0.1, -0.05) is 11.6 Å². The van der Waals surface area contributed by atoms with Gasteiger partial charge in [-0.15, -0.1) is 0 Å². The van der Waals surface area contributed by atoms with E-state index in [0.717, 1.165) is 0 Å². The highest BCUT2D eigenvalue weighted by Crippen LogP contribution is 2.24. The lowest BCUT2D eigenvalue weighted by atomic mass is 10.1. The third kappa shape index (κ3) is 2.94. The van der Waals surface area contributed by atoms with Gasteiger partial charge in [-0.2, -0.15) is 0 Å². The van der Waals surface area contributed by atoms with Gasteiger partial charge in [0, 0.05) is 5.69 Å². The molecule has 7 heteroatoms. The van der Waals surface area contributed by atoms with E-state index in [-0.39, 0.29) is 17.4 Å². The van der Waals surface area contributed by atoms with E-state index in [0.29, 0.717) is 22.8 Å². The van der Waals surface area contributed by atoms with Crippen molar-refractivity contribution in [2.24, 2.45) is 5.92 Å². The summed E-state index contributed by atoms with van der Waals surface area (Å²) in [6, 6.07) is 4.75. The quantitative estimate of drug-likeness (QED) is 0.803. The van der Waals surface area contributed by atoms with Crippen LogP contribution < -0.4 is 11.1 Å². The number of halogens is 1. The van der Waals surface area contributed by atoms with Crippen molar-refractivity contribution in [3.8, 4) is 0 Å². The van der Waals surface area contributed by atoms with E-state index in [4.69, 9.17) is 17.3 Å². The first-order valence-corrected chi connectivity index (χ1v) is 7.64. The molecule has 0 aliphatic carbocycles. The molecule has 1 aliphatic heterocycles. The lowest BCUT2D eigenvalue weighted by molar-refractivity contribution is -0.119. The second-order valence-corrected chi connectivity index (χ2v) is 6.96. The summed E-state index contributed by atoms with van der Waals surface area (Å²) in [6.07, 6.45) is 0.372. The van der Waals surface area contributed by atoms with Crippen LogP contribution in [0.2, 0.25) is 5.02 Å². The minimum Gasteiger partial charge on any atom is -0.398 e. The number of anilines is 2. The van der Waals surface area contributed by atoms with Gasteiger partial charge in [-0.3, -0.25) is 4.79 Å². The Balaban J connectivity index is 2.06. The van der Waals surface area contributed by atoms with Gasteiger partial charge in [0.05, 0.1) is 28.1 Å². The summed E-state index contributed by atoms with van der Waals surface area (Å²) in [5.74, 6) is -0.780. The van der Waals surface area contributed by atoms with Crippen LogP contribution in [0.1, 0.15) is 6.42 Å². The summed E-state index contributed by atoms with van der Waals surface area (Å²) in [6.45, 7) is 0. The molecule has 0 spiro atoms. The molecule has 2 rings (SSSR count). The molecule has 0 radical (unpaired) electrons. The van der Waals surface area contributed by atoms with E-state index in [1.54, 1.807) is 12.1 Å². The first-order valence-electron chi connectivity index (χ1n) is 5.44. The topological polar surface area (TPSA) is 89.3 Å². The number of benzene rings is 1. The normalized spacial score (nSPS) is 21.7. The molecule has 1 atom stereocenters. The summed E-state index contributed by atoms with van der Waals surface area (Å²) in [5.41, 5.74) is 6.50. The van der Waals surface area contributed by atoms with Crippen LogP contribution in [0.3, 0.4) is 0 Å². The number of sulfone groups is 1. The van der Waals surface area contributed by atoms with Gasteiger partial charge in [0.1, 0.15) is 0 Å². The second-order valence-electron chi connectivity index (χ2n) is 4.33. The maximum atomic E-state index is 11.8. The zero-order valence-corrected chi connectivity index (χ0v) is 11.1. The maximum Gasteiger partial charge on any atom is 0.228 e. The fourth-order valence-corrected chi connectivity index (χ4v) is 3.77. The summed E-state index contributed by atoms with van der Waals surface area (Å²) in [5, 5.41) is 3.00. The minimum absolute atomic E-state index is 0.0770. The molecule has 1 fully saturated rings. The Bertz CT molecular complexity index is 586. The van der Waals surface area contributed by atoms with E-state index in [1.165, 1.54) is 6.07 Å². The summed E-state index contributed by atoms with van der Waals surface area (Å²) in [4.78, 5) is 11.8. The number of nitrogen functional groups attached to an aromatic ring is 1. The molecule has 3 N–H and O–H groups in total. The molecule has 18 heavy (non-hydrogen) atoms. The van der Waals surface area contributed by atoms with Crippen molar-refractivity contribution in [1.82, 2.24) is 0 Å². The Hall–Kier alpha value is -1.27. The van der Waals surface area contributed by atoms with E-state index in [1.807, 2.05) is 0 Å². The number of hydrogen-bond donors (Lipinski definition) is 2. The van der Waals surface area contributed by atoms with Gasteiger partial charge >= 0.3 is 0 Å². The van der Waals surface area contributed by atoms with Crippen LogP contribution in [-0.2, 0) is 14.6 Å². The molecule has 1 aliphatic rings. The smallest absolute Gasteiger partial charge is 0.228 e. The molecule has 1 aromatic rings. The third-order valence-electron chi connectivity index (χ3n) is 2.87. The van der Waals surface area contributed by atoms with Crippen LogP contribution in [-0.4, -0.2) is 25.8 Å². The lowest BCUT2D eigenvalue weighted by Gasteiger charge is -2.10. The molecule has 5 nitrogen and oxygen atoms in total. The fourth-order valence-electron chi connectivity index (χ4n) is 1.85. The number of hydrogen-bond acceptors (Lipinski definition) is 4. The van der Waals surface area contributed by atoms with E-state index in [9.17, 15) is 13.2 Å². The van der Waals surface area contributed by atoms with Gasteiger partial charge < -0.3 is 11.1 Å². The minimum atomic E-state index is -3.05. The van der Waals surface area contributed by atoms with Crippen LogP contribution in [0.4, 0.5) is 11.4 Å². The maximum absolute atomic E-state index is 11.8. The van der Waals surface area contributed by atoms with Gasteiger partial charge in [0.25, 0.3) is 0 Å². The van der Waals surface area contributed by atoms with Crippen molar-refractivity contribution in [3.05, 3.63) is 23.2 Å². The molecule has 1 heterocycles. The van der Waals surface area contributed by atoms with E-state index in [2.05, 4.69) is 5.32 Å². The fraction of sp³-hybridized carbons (Fsp3) is 0.364. The van der Waals surface area contributed by atoms with Gasteiger partial charge in [-0.25, -0.2) is 8.42 Å². The van der Waals surface area contributed by atoms with Gasteiger partial charge in [-0.05, 0) is 24.6 Å². The standard InChI is InChI=1S/C11H13ClN2O3S/c12-9-5-8(1-2-10(9)13)14-11(15)7-3-4-18(16,17)6-7/h1-2,5,7H,3-4,6,13H2,(H,14,15). The first-order chi connectivity index (χ1) is 8.37. The molecule has 0 aromatic heterocycles. The highest BCUT2D eigenvalue weighted by Gasteiger charge is 2.32. The largest absolute Gasteiger partial charge is 0.398 e. The lowest BCUT2D eigenvalue weighted by Crippen LogP contribution is -2.23. The molecule has 1 amide bonds. The Kier molecular flexibility index (Phi) is 3.49. The Morgan fingerprint density at radius 1 is 1.44 bits per heavy atom. The summed E-state index contributed by atoms with van der Waals surface area (Å²) < 4.78 is 22.6. The zero-order valence-electron chi connectivity index (χ0n) is 9.52. The van der Waals surface area contributed by atoms with Gasteiger partial charge in [0.15, 0.2) is 9.84 Å². The number of amides is 1. The predicted molar refractivity (Wildman–Crippen MR) is 71.3 cm³/mol. The molecule has 1 aromatic carbocycles. The van der Waals surface area contributed by atoms with Gasteiger partial charge in [0.2, 0.25) is 5.91 Å². The van der Waals surface area contributed by atoms with Crippen LogP contribution in [0, 0.1) is 5.92 Å². The molecule has 0 saturated carbocycles. The molecular formula is C11H13ClN2O3S. The van der Waals surface area contributed by atoms with Crippen LogP contribution >= 0.6 is 11.6 Å². The third-order valence-corrected chi connectivity index (χ3v) is 4.97. The van der Waals surface area contributed by atoms with Crippen molar-refractivity contribution >= 4 is 38.7 Å². The van der Waals surface area contributed by atoms with Crippen molar-refractivity contribution in [2.45, 2.75) is 6.42 Å². The van der Waals surface area contributed by atoms with Crippen LogP contribution in [0.5, 0.6) is 0 Å². The van der Waals surface area contributed by atoms with Crippen molar-refractivity contribution in [3.63, 3.8) is 0 Å². The number of rotatable bonds is 2. The number of nitrogens with one attached hydrogen (secondary N) is 1. The molecule has 1 unspecified atom stereocenters. The monoisotopic (exact) mass is 288 g/mol. The number of nitrogens with two attached hydrogens (primary N) is 1. The summed E-state index contributed by atoms with van der Waals surface area (Å²) in [7, 11) is -3.05. The number of carbonyl (C=O) groups excluding carboxylic acids is 1. The zero-order chi connectivity index (χ0) is 13.3. The molecular weight excluding hydrogens is 276 g/mol. The van der Waals surface area contributed by atoms with Crippen molar-refractivity contribution < 1.29 is 13.2 Å². The molecule has 98 valence electrons. The van der Waals surface area contributed by atoms with Crippen LogP contribution in [0.15, 0.2) is 18.2 Å². The van der Waals surface area contributed by atoms with Crippen LogP contribution in [0.25, 0.3) is 0 Å². The first kappa shape index (κ1) is 13.2. The average molecular weight is 289 g/mol. The highest BCUT2D eigenvalue weighted by atomic mass is 35.5. The Morgan fingerprint density at radius 3 is 2.72 bits per heavy atom. The number of carbonyl (C=O) groups is 1.